The fourth-order valence-corrected chi connectivity index (χ4v) is 2.70. The van der Waals surface area contributed by atoms with E-state index in [-0.39, 0.29) is 47.7 Å². The maximum Gasteiger partial charge on any atom is 0.224 e. The van der Waals surface area contributed by atoms with Crippen molar-refractivity contribution in [3.05, 3.63) is 35.6 Å². The van der Waals surface area contributed by atoms with Crippen LogP contribution in [0.1, 0.15) is 25.3 Å². The van der Waals surface area contributed by atoms with Crippen molar-refractivity contribution in [2.75, 3.05) is 33.3 Å². The lowest BCUT2D eigenvalue weighted by molar-refractivity contribution is -0.120. The summed E-state index contributed by atoms with van der Waals surface area (Å²) in [5.41, 5.74) is 0.648. The Morgan fingerprint density at radius 2 is 1.92 bits per heavy atom. The lowest BCUT2D eigenvalue weighted by Gasteiger charge is -2.24. The summed E-state index contributed by atoms with van der Waals surface area (Å²) < 4.78 is 18.6. The van der Waals surface area contributed by atoms with Gasteiger partial charge in [0.2, 0.25) is 5.91 Å². The monoisotopic (exact) mass is 478 g/mol. The molecule has 8 heteroatoms. The zero-order chi connectivity index (χ0) is 18.1. The number of aliphatic imine (C=N–C) groups is 1. The van der Waals surface area contributed by atoms with Crippen LogP contribution < -0.4 is 16.0 Å². The molecule has 0 aliphatic carbocycles. The van der Waals surface area contributed by atoms with E-state index in [0.29, 0.717) is 25.6 Å². The summed E-state index contributed by atoms with van der Waals surface area (Å²) >= 11 is 0. The summed E-state index contributed by atoms with van der Waals surface area (Å²) in [6.07, 6.45) is 2.36. The van der Waals surface area contributed by atoms with Gasteiger partial charge in [-0.05, 0) is 37.5 Å². The van der Waals surface area contributed by atoms with E-state index in [2.05, 4.69) is 27.9 Å². The average Bonchev–Trinajstić information content (AvgIpc) is 3.03. The Balaban J connectivity index is 0.00000338. The van der Waals surface area contributed by atoms with Crippen LogP contribution in [0, 0.1) is 5.82 Å². The van der Waals surface area contributed by atoms with Crippen molar-refractivity contribution in [2.24, 2.45) is 4.99 Å². The number of nitrogens with zero attached hydrogens (tertiary/aromatic N) is 1. The Hall–Kier alpha value is -1.42. The number of nitrogens with one attached hydrogen (secondary N) is 3. The maximum atomic E-state index is 12.8. The molecule has 1 aromatic carbocycles. The third-order valence-corrected chi connectivity index (χ3v) is 4.17. The largest absolute Gasteiger partial charge is 0.373 e. The number of benzene rings is 1. The van der Waals surface area contributed by atoms with Gasteiger partial charge in [0.15, 0.2) is 5.96 Å². The second-order valence-electron chi connectivity index (χ2n) is 6.41. The summed E-state index contributed by atoms with van der Waals surface area (Å²) in [5, 5.41) is 9.23. The molecule has 3 N–H and O–H groups in total. The molecule has 146 valence electrons. The molecule has 0 aromatic heterocycles. The summed E-state index contributed by atoms with van der Waals surface area (Å²) in [6.45, 7) is 4.64. The number of halogens is 2. The van der Waals surface area contributed by atoms with Crippen molar-refractivity contribution in [1.82, 2.24) is 16.0 Å². The SMILES string of the molecule is CN=C(NCCNC(=O)Cc1ccc(F)cc1)NCC1(C)CCCO1.I. The van der Waals surface area contributed by atoms with E-state index in [1.165, 1.54) is 12.1 Å². The number of hydrogen-bond acceptors (Lipinski definition) is 3. The van der Waals surface area contributed by atoms with E-state index >= 15 is 0 Å². The predicted molar refractivity (Wildman–Crippen MR) is 111 cm³/mol. The van der Waals surface area contributed by atoms with Crippen molar-refractivity contribution in [3.8, 4) is 0 Å². The fourth-order valence-electron chi connectivity index (χ4n) is 2.70. The molecule has 1 saturated heterocycles. The van der Waals surface area contributed by atoms with Crippen LogP contribution >= 0.6 is 24.0 Å². The zero-order valence-corrected chi connectivity index (χ0v) is 17.6. The van der Waals surface area contributed by atoms with E-state index in [4.69, 9.17) is 4.74 Å². The molecule has 1 fully saturated rings. The fraction of sp³-hybridized carbons (Fsp3) is 0.556. The van der Waals surface area contributed by atoms with E-state index in [0.717, 1.165) is 25.0 Å². The highest BCUT2D eigenvalue weighted by molar-refractivity contribution is 14.0. The van der Waals surface area contributed by atoms with Gasteiger partial charge < -0.3 is 20.7 Å². The van der Waals surface area contributed by atoms with E-state index in [9.17, 15) is 9.18 Å². The number of carbonyl (C=O) groups excluding carboxylic acids is 1. The molecule has 1 aromatic rings. The van der Waals surface area contributed by atoms with E-state index in [1.807, 2.05) is 0 Å². The van der Waals surface area contributed by atoms with Gasteiger partial charge in [0.05, 0.1) is 12.0 Å². The summed E-state index contributed by atoms with van der Waals surface area (Å²) in [5.74, 6) is 0.289. The van der Waals surface area contributed by atoms with Crippen LogP contribution in [0.25, 0.3) is 0 Å². The Morgan fingerprint density at radius 3 is 2.54 bits per heavy atom. The first-order chi connectivity index (χ1) is 12.0. The highest BCUT2D eigenvalue weighted by atomic mass is 127. The molecular weight excluding hydrogens is 450 g/mol. The van der Waals surface area contributed by atoms with Crippen molar-refractivity contribution in [2.45, 2.75) is 31.8 Å². The number of ether oxygens (including phenoxy) is 1. The van der Waals surface area contributed by atoms with Gasteiger partial charge >= 0.3 is 0 Å². The second-order valence-corrected chi connectivity index (χ2v) is 6.41. The molecule has 0 bridgehead atoms. The van der Waals surface area contributed by atoms with Gasteiger partial charge in [-0.2, -0.15) is 0 Å². The van der Waals surface area contributed by atoms with Crippen molar-refractivity contribution in [3.63, 3.8) is 0 Å². The standard InChI is InChI=1S/C18H27FN4O2.HI/c1-18(8-3-11-25-18)13-23-17(20-2)22-10-9-21-16(24)12-14-4-6-15(19)7-5-14;/h4-7H,3,8-13H2,1-2H3,(H,21,24)(H2,20,22,23);1H. The highest BCUT2D eigenvalue weighted by Gasteiger charge is 2.29. The molecule has 1 atom stereocenters. The van der Waals surface area contributed by atoms with Crippen LogP contribution in [0.4, 0.5) is 4.39 Å². The number of hydrogen-bond donors (Lipinski definition) is 3. The molecule has 1 unspecified atom stereocenters. The Labute approximate surface area is 171 Å². The van der Waals surface area contributed by atoms with Crippen LogP contribution in [0.5, 0.6) is 0 Å². The molecule has 0 radical (unpaired) electrons. The van der Waals surface area contributed by atoms with Gasteiger partial charge in [-0.3, -0.25) is 9.79 Å². The van der Waals surface area contributed by atoms with Crippen molar-refractivity contribution < 1.29 is 13.9 Å². The van der Waals surface area contributed by atoms with Gasteiger partial charge in [-0.25, -0.2) is 4.39 Å². The molecule has 1 aliphatic heterocycles. The van der Waals surface area contributed by atoms with E-state index in [1.54, 1.807) is 19.2 Å². The zero-order valence-electron chi connectivity index (χ0n) is 15.3. The molecule has 2 rings (SSSR count). The third-order valence-electron chi connectivity index (χ3n) is 4.17. The van der Waals surface area contributed by atoms with Crippen LogP contribution in [0.15, 0.2) is 29.3 Å². The first-order valence-corrected chi connectivity index (χ1v) is 8.60. The second kappa shape index (κ2) is 11.3. The first-order valence-electron chi connectivity index (χ1n) is 8.60. The van der Waals surface area contributed by atoms with Gasteiger partial charge in [-0.1, -0.05) is 12.1 Å². The minimum absolute atomic E-state index is 0. The first kappa shape index (κ1) is 22.6. The van der Waals surface area contributed by atoms with Gasteiger partial charge in [0.25, 0.3) is 0 Å². The number of amides is 1. The molecular formula is C18H28FIN4O2. The van der Waals surface area contributed by atoms with Gasteiger partial charge in [-0.15, -0.1) is 24.0 Å². The molecule has 0 spiro atoms. The Morgan fingerprint density at radius 1 is 1.23 bits per heavy atom. The smallest absolute Gasteiger partial charge is 0.224 e. The number of rotatable bonds is 7. The molecule has 1 aliphatic rings. The predicted octanol–water partition coefficient (Wildman–Crippen LogP) is 1.84. The molecule has 6 nitrogen and oxygen atoms in total. The van der Waals surface area contributed by atoms with Crippen LogP contribution in [-0.4, -0.2) is 50.8 Å². The summed E-state index contributed by atoms with van der Waals surface area (Å²) in [4.78, 5) is 16.0. The third kappa shape index (κ3) is 7.86. The minimum Gasteiger partial charge on any atom is -0.373 e. The molecule has 26 heavy (non-hydrogen) atoms. The normalized spacial score (nSPS) is 19.6. The van der Waals surface area contributed by atoms with Gasteiger partial charge in [0.1, 0.15) is 5.82 Å². The topological polar surface area (TPSA) is 74.8 Å². The molecule has 1 heterocycles. The number of carbonyl (C=O) groups is 1. The van der Waals surface area contributed by atoms with Crippen LogP contribution in [-0.2, 0) is 16.0 Å². The van der Waals surface area contributed by atoms with Crippen LogP contribution in [0.2, 0.25) is 0 Å². The number of guanidine groups is 1. The minimum atomic E-state index is -0.302. The van der Waals surface area contributed by atoms with E-state index < -0.39 is 0 Å². The van der Waals surface area contributed by atoms with Gasteiger partial charge in [0, 0.05) is 33.3 Å². The summed E-state index contributed by atoms with van der Waals surface area (Å²) in [6, 6.07) is 5.94. The quantitative estimate of drug-likeness (QED) is 0.242. The van der Waals surface area contributed by atoms with Crippen molar-refractivity contribution in [1.29, 1.82) is 0 Å². The maximum absolute atomic E-state index is 12.8. The van der Waals surface area contributed by atoms with Crippen molar-refractivity contribution >= 4 is 35.8 Å². The highest BCUT2D eigenvalue weighted by Crippen LogP contribution is 2.23. The molecule has 0 saturated carbocycles. The lowest BCUT2D eigenvalue weighted by atomic mass is 10.0. The Kier molecular flexibility index (Phi) is 9.85. The lowest BCUT2D eigenvalue weighted by Crippen LogP contribution is -2.47. The summed E-state index contributed by atoms with van der Waals surface area (Å²) in [7, 11) is 1.71. The molecule has 1 amide bonds. The average molecular weight is 478 g/mol. The van der Waals surface area contributed by atoms with Crippen LogP contribution in [0.3, 0.4) is 0 Å². The Bertz CT molecular complexity index is 589.